The molecule has 0 radical (unpaired) electrons. The van der Waals surface area contributed by atoms with E-state index in [9.17, 15) is 4.79 Å². The first-order chi connectivity index (χ1) is 9.98. The van der Waals surface area contributed by atoms with Crippen LogP contribution in [0.3, 0.4) is 0 Å². The van der Waals surface area contributed by atoms with Crippen molar-refractivity contribution in [1.29, 1.82) is 0 Å². The van der Waals surface area contributed by atoms with Gasteiger partial charge in [0, 0.05) is 30.6 Å². The maximum Gasteiger partial charge on any atom is 0.240 e. The number of benzene rings is 1. The summed E-state index contributed by atoms with van der Waals surface area (Å²) in [5.74, 6) is 0.594. The van der Waals surface area contributed by atoms with Crippen LogP contribution >= 0.6 is 0 Å². The van der Waals surface area contributed by atoms with Crippen molar-refractivity contribution >= 4 is 22.6 Å². The smallest absolute Gasteiger partial charge is 0.240 e. The predicted octanol–water partition coefficient (Wildman–Crippen LogP) is 1.53. The highest BCUT2D eigenvalue weighted by Gasteiger charge is 2.37. The molecule has 0 spiro atoms. The van der Waals surface area contributed by atoms with Crippen LogP contribution in [0.1, 0.15) is 19.4 Å². The van der Waals surface area contributed by atoms with Crippen LogP contribution in [-0.2, 0) is 11.3 Å². The van der Waals surface area contributed by atoms with Gasteiger partial charge in [-0.1, -0.05) is 18.2 Å². The van der Waals surface area contributed by atoms with Crippen LogP contribution in [0.25, 0.3) is 10.9 Å². The van der Waals surface area contributed by atoms with Crippen LogP contribution in [0, 0.1) is 0 Å². The lowest BCUT2D eigenvalue weighted by molar-refractivity contribution is -0.135. The topological polar surface area (TPSA) is 71.2 Å². The Morgan fingerprint density at radius 2 is 2.14 bits per heavy atom. The van der Waals surface area contributed by atoms with E-state index in [1.165, 1.54) is 0 Å². The van der Waals surface area contributed by atoms with Crippen molar-refractivity contribution < 1.29 is 4.79 Å². The molecule has 3 N–H and O–H groups in total. The van der Waals surface area contributed by atoms with Crippen LogP contribution in [-0.4, -0.2) is 34.4 Å². The minimum Gasteiger partial charge on any atom is -0.383 e. The van der Waals surface area contributed by atoms with Crippen molar-refractivity contribution in [2.24, 2.45) is 0 Å². The van der Waals surface area contributed by atoms with Crippen molar-refractivity contribution in [2.75, 3.05) is 18.8 Å². The molecule has 1 saturated heterocycles. The zero-order valence-corrected chi connectivity index (χ0v) is 12.4. The fraction of sp³-hybridized carbons (Fsp3) is 0.375. The summed E-state index contributed by atoms with van der Waals surface area (Å²) < 4.78 is 0. The molecule has 0 bridgehead atoms. The number of carbonyl (C=O) groups excluding carboxylic acids is 1. The van der Waals surface area contributed by atoms with E-state index in [-0.39, 0.29) is 5.91 Å². The summed E-state index contributed by atoms with van der Waals surface area (Å²) in [6.07, 6.45) is 0. The number of nitrogens with one attached hydrogen (secondary N) is 1. The summed E-state index contributed by atoms with van der Waals surface area (Å²) in [5.41, 5.74) is 7.42. The highest BCUT2D eigenvalue weighted by molar-refractivity contribution is 5.86. The Labute approximate surface area is 124 Å². The van der Waals surface area contributed by atoms with E-state index in [2.05, 4.69) is 21.3 Å². The third-order valence-corrected chi connectivity index (χ3v) is 4.21. The number of aromatic nitrogens is 1. The van der Waals surface area contributed by atoms with E-state index < -0.39 is 5.54 Å². The van der Waals surface area contributed by atoms with Gasteiger partial charge in [-0.05, 0) is 26.0 Å². The highest BCUT2D eigenvalue weighted by atomic mass is 16.2. The van der Waals surface area contributed by atoms with Crippen LogP contribution in [0.5, 0.6) is 0 Å². The Kier molecular flexibility index (Phi) is 3.29. The first kappa shape index (κ1) is 13.8. The van der Waals surface area contributed by atoms with Gasteiger partial charge in [-0.25, -0.2) is 4.98 Å². The van der Waals surface area contributed by atoms with Gasteiger partial charge in [-0.2, -0.15) is 0 Å². The third kappa shape index (κ3) is 2.45. The lowest BCUT2D eigenvalue weighted by Gasteiger charge is -2.41. The Balaban J connectivity index is 1.94. The minimum atomic E-state index is -0.531. The van der Waals surface area contributed by atoms with E-state index in [0.717, 1.165) is 23.0 Å². The largest absolute Gasteiger partial charge is 0.383 e. The summed E-state index contributed by atoms with van der Waals surface area (Å²) in [7, 11) is 0. The fourth-order valence-electron chi connectivity index (χ4n) is 2.73. The number of fused-ring (bicyclic) bond motifs is 1. The van der Waals surface area contributed by atoms with E-state index in [1.807, 2.05) is 38.1 Å². The SMILES string of the molecule is CC1(C)C(=O)NCCN1Cc1cc2ccccc2nc1N. The molecule has 0 aliphatic carbocycles. The van der Waals surface area contributed by atoms with Gasteiger partial charge < -0.3 is 11.1 Å². The molecular weight excluding hydrogens is 264 g/mol. The number of rotatable bonds is 2. The zero-order chi connectivity index (χ0) is 15.0. The van der Waals surface area contributed by atoms with Crippen molar-refractivity contribution in [1.82, 2.24) is 15.2 Å². The number of nitrogens with two attached hydrogens (primary N) is 1. The molecule has 110 valence electrons. The molecular formula is C16H20N4O. The molecule has 1 aliphatic rings. The standard InChI is InChI=1S/C16H20N4O/c1-16(2)15(21)18-7-8-20(16)10-12-9-11-5-3-4-6-13(11)19-14(12)17/h3-6,9H,7-8,10H2,1-2H3,(H2,17,19)(H,18,21). The minimum absolute atomic E-state index is 0.0565. The van der Waals surface area contributed by atoms with Gasteiger partial charge in [0.05, 0.1) is 11.1 Å². The molecule has 1 fully saturated rings. The second-order valence-electron chi connectivity index (χ2n) is 5.96. The van der Waals surface area contributed by atoms with Gasteiger partial charge in [-0.3, -0.25) is 9.69 Å². The lowest BCUT2D eigenvalue weighted by atomic mass is 9.98. The second-order valence-corrected chi connectivity index (χ2v) is 5.96. The molecule has 1 aromatic heterocycles. The Bertz CT molecular complexity index is 696. The molecule has 5 heteroatoms. The first-order valence-electron chi connectivity index (χ1n) is 7.16. The molecule has 3 rings (SSSR count). The fourth-order valence-corrected chi connectivity index (χ4v) is 2.73. The number of carbonyl (C=O) groups is 1. The van der Waals surface area contributed by atoms with Crippen LogP contribution in [0.2, 0.25) is 0 Å². The van der Waals surface area contributed by atoms with Gasteiger partial charge in [0.1, 0.15) is 5.82 Å². The number of anilines is 1. The van der Waals surface area contributed by atoms with Gasteiger partial charge >= 0.3 is 0 Å². The molecule has 0 atom stereocenters. The van der Waals surface area contributed by atoms with Crippen LogP contribution in [0.15, 0.2) is 30.3 Å². The van der Waals surface area contributed by atoms with Crippen molar-refractivity contribution in [2.45, 2.75) is 25.9 Å². The summed E-state index contributed by atoms with van der Waals surface area (Å²) in [6.45, 7) is 5.98. The molecule has 1 amide bonds. The molecule has 21 heavy (non-hydrogen) atoms. The number of nitrogen functional groups attached to an aromatic ring is 1. The maximum atomic E-state index is 12.0. The van der Waals surface area contributed by atoms with E-state index >= 15 is 0 Å². The van der Waals surface area contributed by atoms with Crippen molar-refractivity contribution in [3.05, 3.63) is 35.9 Å². The van der Waals surface area contributed by atoms with Crippen LogP contribution < -0.4 is 11.1 Å². The van der Waals surface area contributed by atoms with Crippen molar-refractivity contribution in [3.8, 4) is 0 Å². The number of nitrogens with zero attached hydrogens (tertiary/aromatic N) is 2. The maximum absolute atomic E-state index is 12.0. The van der Waals surface area contributed by atoms with Gasteiger partial charge in [-0.15, -0.1) is 0 Å². The normalized spacial score (nSPS) is 18.7. The molecule has 2 heterocycles. The number of hydrogen-bond acceptors (Lipinski definition) is 4. The van der Waals surface area contributed by atoms with E-state index in [4.69, 9.17) is 5.73 Å². The summed E-state index contributed by atoms with van der Waals surface area (Å²) in [6, 6.07) is 9.99. The molecule has 1 aliphatic heterocycles. The van der Waals surface area contributed by atoms with Crippen LogP contribution in [0.4, 0.5) is 5.82 Å². The summed E-state index contributed by atoms with van der Waals surface area (Å²) >= 11 is 0. The molecule has 5 nitrogen and oxygen atoms in total. The first-order valence-corrected chi connectivity index (χ1v) is 7.16. The number of piperazine rings is 1. The molecule has 2 aromatic rings. The third-order valence-electron chi connectivity index (χ3n) is 4.21. The number of amides is 1. The zero-order valence-electron chi connectivity index (χ0n) is 12.4. The van der Waals surface area contributed by atoms with Gasteiger partial charge in [0.2, 0.25) is 5.91 Å². The highest BCUT2D eigenvalue weighted by Crippen LogP contribution is 2.24. The van der Waals surface area contributed by atoms with E-state index in [1.54, 1.807) is 0 Å². The summed E-state index contributed by atoms with van der Waals surface area (Å²) in [5, 5.41) is 3.98. The average Bonchev–Trinajstić information content (AvgIpc) is 2.45. The lowest BCUT2D eigenvalue weighted by Crippen LogP contribution is -2.61. The van der Waals surface area contributed by atoms with Crippen molar-refractivity contribution in [3.63, 3.8) is 0 Å². The number of hydrogen-bond donors (Lipinski definition) is 2. The monoisotopic (exact) mass is 284 g/mol. The molecule has 0 saturated carbocycles. The molecule has 1 aromatic carbocycles. The quantitative estimate of drug-likeness (QED) is 0.877. The Morgan fingerprint density at radius 3 is 2.95 bits per heavy atom. The Morgan fingerprint density at radius 1 is 1.38 bits per heavy atom. The number of para-hydroxylation sites is 1. The summed E-state index contributed by atoms with van der Waals surface area (Å²) in [4.78, 5) is 18.6. The van der Waals surface area contributed by atoms with Gasteiger partial charge in [0.15, 0.2) is 0 Å². The Hall–Kier alpha value is -2.14. The van der Waals surface area contributed by atoms with Gasteiger partial charge in [0.25, 0.3) is 0 Å². The van der Waals surface area contributed by atoms with E-state index in [0.29, 0.717) is 18.9 Å². The molecule has 0 unspecified atom stereocenters. The second kappa shape index (κ2) is 5.00. The number of pyridine rings is 1. The average molecular weight is 284 g/mol. The predicted molar refractivity (Wildman–Crippen MR) is 83.7 cm³/mol.